The van der Waals surface area contributed by atoms with Gasteiger partial charge in [0.25, 0.3) is 0 Å². The van der Waals surface area contributed by atoms with Gasteiger partial charge in [0.15, 0.2) is 0 Å². The van der Waals surface area contributed by atoms with E-state index in [0.29, 0.717) is 5.56 Å². The van der Waals surface area contributed by atoms with Crippen molar-refractivity contribution in [2.24, 2.45) is 5.73 Å². The van der Waals surface area contributed by atoms with Crippen molar-refractivity contribution in [2.75, 3.05) is 0 Å². The molecule has 1 aliphatic carbocycles. The first-order chi connectivity index (χ1) is 8.33. The molecule has 1 aromatic rings. The summed E-state index contributed by atoms with van der Waals surface area (Å²) in [5.41, 5.74) is 6.84. The highest BCUT2D eigenvalue weighted by atomic mass is 19.4. The highest BCUT2D eigenvalue weighted by Crippen LogP contribution is 2.38. The normalized spacial score (nSPS) is 19.8. The summed E-state index contributed by atoms with van der Waals surface area (Å²) < 4.78 is 37.8. The van der Waals surface area contributed by atoms with E-state index >= 15 is 0 Å². The monoisotopic (exact) mass is 257 g/mol. The van der Waals surface area contributed by atoms with Crippen molar-refractivity contribution in [3.8, 4) is 0 Å². The van der Waals surface area contributed by atoms with Gasteiger partial charge in [0.1, 0.15) is 0 Å². The SMILES string of the molecule is Cc1cc(C(F)(F)F)ccc1C1(N)CCCCC1. The molecular weight excluding hydrogens is 239 g/mol. The zero-order valence-corrected chi connectivity index (χ0v) is 10.5. The van der Waals surface area contributed by atoms with Crippen LogP contribution in [-0.4, -0.2) is 0 Å². The summed E-state index contributed by atoms with van der Waals surface area (Å²) in [6.45, 7) is 1.72. The summed E-state index contributed by atoms with van der Waals surface area (Å²) in [5, 5.41) is 0. The van der Waals surface area contributed by atoms with E-state index < -0.39 is 17.3 Å². The van der Waals surface area contributed by atoms with Gasteiger partial charge >= 0.3 is 6.18 Å². The molecule has 0 aromatic heterocycles. The average Bonchev–Trinajstić information content (AvgIpc) is 2.28. The Hall–Kier alpha value is -1.03. The van der Waals surface area contributed by atoms with Crippen LogP contribution >= 0.6 is 0 Å². The Balaban J connectivity index is 2.35. The smallest absolute Gasteiger partial charge is 0.321 e. The standard InChI is InChI=1S/C14H18F3N/c1-10-9-11(14(15,16)17)5-6-12(10)13(18)7-3-2-4-8-13/h5-6,9H,2-4,7-8,18H2,1H3. The number of rotatable bonds is 1. The fourth-order valence-corrected chi connectivity index (χ4v) is 2.85. The van der Waals surface area contributed by atoms with E-state index in [1.165, 1.54) is 12.5 Å². The molecule has 0 bridgehead atoms. The van der Waals surface area contributed by atoms with Crippen LogP contribution in [0.1, 0.15) is 48.8 Å². The summed E-state index contributed by atoms with van der Waals surface area (Å²) in [6, 6.07) is 3.91. The number of nitrogens with two attached hydrogens (primary N) is 1. The predicted octanol–water partition coefficient (Wildman–Crippen LogP) is 4.13. The lowest BCUT2D eigenvalue weighted by Crippen LogP contribution is -2.39. The van der Waals surface area contributed by atoms with Crippen LogP contribution in [-0.2, 0) is 11.7 Å². The minimum atomic E-state index is -4.28. The third-order valence-corrected chi connectivity index (χ3v) is 3.84. The number of halogens is 3. The molecule has 1 aromatic carbocycles. The first-order valence-electron chi connectivity index (χ1n) is 6.30. The van der Waals surface area contributed by atoms with E-state index in [4.69, 9.17) is 5.73 Å². The van der Waals surface area contributed by atoms with Gasteiger partial charge in [-0.2, -0.15) is 13.2 Å². The molecule has 0 aliphatic heterocycles. The topological polar surface area (TPSA) is 26.0 Å². The zero-order valence-electron chi connectivity index (χ0n) is 10.5. The summed E-state index contributed by atoms with van der Waals surface area (Å²) in [7, 11) is 0. The van der Waals surface area contributed by atoms with Crippen LogP contribution < -0.4 is 5.73 Å². The lowest BCUT2D eigenvalue weighted by Gasteiger charge is -2.35. The molecule has 0 unspecified atom stereocenters. The first kappa shape index (κ1) is 13.4. The zero-order chi connectivity index (χ0) is 13.4. The van der Waals surface area contributed by atoms with Crippen LogP contribution in [0, 0.1) is 6.92 Å². The Labute approximate surface area is 105 Å². The van der Waals surface area contributed by atoms with Gasteiger partial charge in [-0.25, -0.2) is 0 Å². The van der Waals surface area contributed by atoms with Crippen molar-refractivity contribution >= 4 is 0 Å². The Bertz CT molecular complexity index is 431. The van der Waals surface area contributed by atoms with Crippen LogP contribution in [0.5, 0.6) is 0 Å². The van der Waals surface area contributed by atoms with Gasteiger partial charge < -0.3 is 5.73 Å². The molecule has 4 heteroatoms. The van der Waals surface area contributed by atoms with Gasteiger partial charge in [0, 0.05) is 5.54 Å². The van der Waals surface area contributed by atoms with Gasteiger partial charge in [-0.15, -0.1) is 0 Å². The Morgan fingerprint density at radius 3 is 2.22 bits per heavy atom. The third-order valence-electron chi connectivity index (χ3n) is 3.84. The molecule has 0 spiro atoms. The molecule has 1 saturated carbocycles. The summed E-state index contributed by atoms with van der Waals surface area (Å²) in [5.74, 6) is 0. The largest absolute Gasteiger partial charge is 0.416 e. The molecule has 0 radical (unpaired) electrons. The predicted molar refractivity (Wildman–Crippen MR) is 65.1 cm³/mol. The van der Waals surface area contributed by atoms with Crippen molar-refractivity contribution < 1.29 is 13.2 Å². The highest BCUT2D eigenvalue weighted by Gasteiger charge is 2.34. The Kier molecular flexibility index (Phi) is 3.41. The maximum Gasteiger partial charge on any atom is 0.416 e. The van der Waals surface area contributed by atoms with Crippen LogP contribution in [0.3, 0.4) is 0 Å². The maximum absolute atomic E-state index is 12.6. The fraction of sp³-hybridized carbons (Fsp3) is 0.571. The summed E-state index contributed by atoms with van der Waals surface area (Å²) in [6.07, 6.45) is 0.711. The van der Waals surface area contributed by atoms with E-state index in [1.807, 2.05) is 0 Å². The molecule has 0 heterocycles. The molecule has 0 atom stereocenters. The fourth-order valence-electron chi connectivity index (χ4n) is 2.85. The number of hydrogen-bond acceptors (Lipinski definition) is 1. The van der Waals surface area contributed by atoms with Gasteiger partial charge in [0.2, 0.25) is 0 Å². The molecule has 2 rings (SSSR count). The van der Waals surface area contributed by atoms with Gasteiger partial charge in [-0.05, 0) is 43.0 Å². The minimum Gasteiger partial charge on any atom is -0.321 e. The number of benzene rings is 1. The van der Waals surface area contributed by atoms with Crippen molar-refractivity contribution in [2.45, 2.75) is 50.7 Å². The second-order valence-corrected chi connectivity index (χ2v) is 5.24. The average molecular weight is 257 g/mol. The van der Waals surface area contributed by atoms with Crippen LogP contribution in [0.15, 0.2) is 18.2 Å². The summed E-state index contributed by atoms with van der Waals surface area (Å²) in [4.78, 5) is 0. The molecule has 100 valence electrons. The quantitative estimate of drug-likeness (QED) is 0.804. The van der Waals surface area contributed by atoms with Crippen molar-refractivity contribution in [1.29, 1.82) is 0 Å². The molecule has 1 fully saturated rings. The first-order valence-corrected chi connectivity index (χ1v) is 6.30. The number of hydrogen-bond donors (Lipinski definition) is 1. The van der Waals surface area contributed by atoms with Crippen LogP contribution in [0.4, 0.5) is 13.2 Å². The van der Waals surface area contributed by atoms with Crippen molar-refractivity contribution in [3.05, 3.63) is 34.9 Å². The molecule has 1 aliphatic rings. The molecule has 18 heavy (non-hydrogen) atoms. The summed E-state index contributed by atoms with van der Waals surface area (Å²) >= 11 is 0. The highest BCUT2D eigenvalue weighted by molar-refractivity contribution is 5.37. The van der Waals surface area contributed by atoms with Gasteiger partial charge in [-0.3, -0.25) is 0 Å². The van der Waals surface area contributed by atoms with Crippen LogP contribution in [0.2, 0.25) is 0 Å². The molecular formula is C14H18F3N. The Morgan fingerprint density at radius 2 is 1.72 bits per heavy atom. The minimum absolute atomic E-state index is 0.438. The molecule has 1 nitrogen and oxygen atoms in total. The van der Waals surface area contributed by atoms with E-state index in [2.05, 4.69) is 0 Å². The Morgan fingerprint density at radius 1 is 1.11 bits per heavy atom. The molecule has 0 saturated heterocycles. The van der Waals surface area contributed by atoms with Crippen molar-refractivity contribution in [3.63, 3.8) is 0 Å². The van der Waals surface area contributed by atoms with E-state index in [9.17, 15) is 13.2 Å². The second kappa shape index (κ2) is 4.57. The lowest BCUT2D eigenvalue weighted by atomic mass is 9.76. The second-order valence-electron chi connectivity index (χ2n) is 5.24. The van der Waals surface area contributed by atoms with E-state index in [0.717, 1.165) is 37.3 Å². The van der Waals surface area contributed by atoms with Gasteiger partial charge in [0.05, 0.1) is 5.56 Å². The van der Waals surface area contributed by atoms with E-state index in [1.54, 1.807) is 13.0 Å². The number of aryl methyl sites for hydroxylation is 1. The lowest BCUT2D eigenvalue weighted by molar-refractivity contribution is -0.137. The molecule has 2 N–H and O–H groups in total. The van der Waals surface area contributed by atoms with Gasteiger partial charge in [-0.1, -0.05) is 25.3 Å². The van der Waals surface area contributed by atoms with Crippen LogP contribution in [0.25, 0.3) is 0 Å². The molecule has 0 amide bonds. The van der Waals surface area contributed by atoms with Crippen molar-refractivity contribution in [1.82, 2.24) is 0 Å². The third kappa shape index (κ3) is 2.53. The van der Waals surface area contributed by atoms with E-state index in [-0.39, 0.29) is 0 Å². The maximum atomic E-state index is 12.6. The number of alkyl halides is 3.